The van der Waals surface area contributed by atoms with Gasteiger partial charge in [0.15, 0.2) is 0 Å². The maximum Gasteiger partial charge on any atom is 0.336 e. The molecule has 0 amide bonds. The van der Waals surface area contributed by atoms with Crippen LogP contribution in [0.1, 0.15) is 29.5 Å². The maximum atomic E-state index is 12.2. The van der Waals surface area contributed by atoms with Crippen LogP contribution in [0.2, 0.25) is 0 Å². The monoisotopic (exact) mass is 429 g/mol. The van der Waals surface area contributed by atoms with Gasteiger partial charge in [-0.05, 0) is 57.0 Å². The first kappa shape index (κ1) is 21.7. The fraction of sp³-hybridized carbons (Fsp3) is 0.273. The number of fused-ring (bicyclic) bond motifs is 1. The predicted octanol–water partition coefficient (Wildman–Crippen LogP) is 3.38. The number of rotatable bonds is 7. The molecule has 30 heavy (non-hydrogen) atoms. The number of carbonyl (C=O) groups is 1. The van der Waals surface area contributed by atoms with Gasteiger partial charge in [0, 0.05) is 30.0 Å². The lowest BCUT2D eigenvalue weighted by Gasteiger charge is -2.10. The molecular formula is C22H23NO6S. The number of ether oxygens (including phenoxy) is 1. The molecule has 1 N–H and O–H groups in total. The maximum absolute atomic E-state index is 12.2. The highest BCUT2D eigenvalue weighted by atomic mass is 32.2. The first-order chi connectivity index (χ1) is 14.2. The fourth-order valence-corrected chi connectivity index (χ4v) is 4.10. The fourth-order valence-electron chi connectivity index (χ4n) is 3.02. The van der Waals surface area contributed by atoms with Gasteiger partial charge in [0.05, 0.1) is 4.90 Å². The second-order valence-electron chi connectivity index (χ2n) is 7.10. The van der Waals surface area contributed by atoms with Crippen LogP contribution in [0.4, 0.5) is 0 Å². The van der Waals surface area contributed by atoms with E-state index in [0.29, 0.717) is 16.9 Å². The Morgan fingerprint density at radius 1 is 1.07 bits per heavy atom. The third kappa shape index (κ3) is 4.95. The molecule has 0 aliphatic rings. The summed E-state index contributed by atoms with van der Waals surface area (Å²) in [4.78, 5) is 24.0. The summed E-state index contributed by atoms with van der Waals surface area (Å²) in [5.74, 6) is -0.191. The van der Waals surface area contributed by atoms with Crippen molar-refractivity contribution in [1.29, 1.82) is 0 Å². The molecule has 7 nitrogen and oxygen atoms in total. The van der Waals surface area contributed by atoms with Crippen LogP contribution in [0.15, 0.2) is 56.6 Å². The molecule has 1 aromatic heterocycles. The minimum Gasteiger partial charge on any atom is -0.426 e. The minimum atomic E-state index is -3.62. The second kappa shape index (κ2) is 8.81. The Hall–Kier alpha value is -2.97. The zero-order valence-corrected chi connectivity index (χ0v) is 17.8. The Kier molecular flexibility index (Phi) is 6.38. The molecule has 0 fully saturated rings. The van der Waals surface area contributed by atoms with Gasteiger partial charge in [0.2, 0.25) is 10.0 Å². The minimum absolute atomic E-state index is 0.0334. The van der Waals surface area contributed by atoms with Crippen molar-refractivity contribution >= 4 is 27.0 Å². The lowest BCUT2D eigenvalue weighted by atomic mass is 10.1. The Labute approximate surface area is 174 Å². The normalized spacial score (nSPS) is 11.6. The van der Waals surface area contributed by atoms with Gasteiger partial charge >= 0.3 is 11.6 Å². The SMILES string of the molecule is Cc1ccc(S(=O)(=O)NCCCC(=O)Oc2ccc3c(C)cc(=O)oc3c2C)cc1. The molecule has 0 saturated carbocycles. The van der Waals surface area contributed by atoms with Crippen molar-refractivity contribution in [2.45, 2.75) is 38.5 Å². The van der Waals surface area contributed by atoms with Crippen LogP contribution in [0, 0.1) is 20.8 Å². The summed E-state index contributed by atoms with van der Waals surface area (Å²) in [7, 11) is -3.62. The topological polar surface area (TPSA) is 103 Å². The number of nitrogens with one attached hydrogen (secondary N) is 1. The number of esters is 1. The van der Waals surface area contributed by atoms with E-state index in [-0.39, 0.29) is 24.3 Å². The summed E-state index contributed by atoms with van der Waals surface area (Å²) in [6.45, 7) is 5.50. The van der Waals surface area contributed by atoms with E-state index < -0.39 is 21.6 Å². The zero-order chi connectivity index (χ0) is 21.9. The van der Waals surface area contributed by atoms with Crippen molar-refractivity contribution in [3.63, 3.8) is 0 Å². The van der Waals surface area contributed by atoms with Crippen LogP contribution in [0.25, 0.3) is 11.0 Å². The molecule has 1 heterocycles. The lowest BCUT2D eigenvalue weighted by molar-refractivity contribution is -0.134. The number of aryl methyl sites for hydroxylation is 3. The highest BCUT2D eigenvalue weighted by molar-refractivity contribution is 7.89. The third-order valence-corrected chi connectivity index (χ3v) is 6.20. The summed E-state index contributed by atoms with van der Waals surface area (Å²) in [6.07, 6.45) is 0.316. The third-order valence-electron chi connectivity index (χ3n) is 4.72. The van der Waals surface area contributed by atoms with E-state index in [1.807, 2.05) is 13.8 Å². The average molecular weight is 429 g/mol. The Morgan fingerprint density at radius 3 is 2.47 bits per heavy atom. The van der Waals surface area contributed by atoms with Crippen LogP contribution < -0.4 is 15.1 Å². The molecule has 0 aliphatic carbocycles. The van der Waals surface area contributed by atoms with Crippen molar-refractivity contribution in [1.82, 2.24) is 4.72 Å². The molecule has 3 aromatic rings. The van der Waals surface area contributed by atoms with Gasteiger partial charge in [-0.1, -0.05) is 17.7 Å². The van der Waals surface area contributed by atoms with E-state index in [2.05, 4.69) is 4.72 Å². The molecule has 0 spiro atoms. The summed E-state index contributed by atoms with van der Waals surface area (Å²) in [5.41, 5.74) is 2.23. The Morgan fingerprint density at radius 2 is 1.77 bits per heavy atom. The Bertz CT molecular complexity index is 1240. The summed E-state index contributed by atoms with van der Waals surface area (Å²) < 4.78 is 37.6. The zero-order valence-electron chi connectivity index (χ0n) is 17.0. The second-order valence-corrected chi connectivity index (χ2v) is 8.87. The molecule has 8 heteroatoms. The lowest BCUT2D eigenvalue weighted by Crippen LogP contribution is -2.25. The van der Waals surface area contributed by atoms with Crippen molar-refractivity contribution < 1.29 is 22.4 Å². The number of benzene rings is 2. The number of hydrogen-bond acceptors (Lipinski definition) is 6. The summed E-state index contributed by atoms with van der Waals surface area (Å²) >= 11 is 0. The van der Waals surface area contributed by atoms with E-state index in [0.717, 1.165) is 16.5 Å². The number of sulfonamides is 1. The molecule has 0 aliphatic heterocycles. The quantitative estimate of drug-likeness (QED) is 0.267. The molecule has 158 valence electrons. The molecule has 2 aromatic carbocycles. The van der Waals surface area contributed by atoms with Gasteiger partial charge in [-0.3, -0.25) is 4.79 Å². The van der Waals surface area contributed by atoms with Crippen molar-refractivity contribution in [2.24, 2.45) is 0 Å². The van der Waals surface area contributed by atoms with Gasteiger partial charge < -0.3 is 9.15 Å². The van der Waals surface area contributed by atoms with Gasteiger partial charge in [-0.2, -0.15) is 0 Å². The molecule has 0 saturated heterocycles. The van der Waals surface area contributed by atoms with Crippen molar-refractivity contribution in [3.05, 3.63) is 69.6 Å². The van der Waals surface area contributed by atoms with Crippen molar-refractivity contribution in [3.8, 4) is 5.75 Å². The van der Waals surface area contributed by atoms with Crippen LogP contribution in [0.5, 0.6) is 5.75 Å². The predicted molar refractivity (Wildman–Crippen MR) is 113 cm³/mol. The van der Waals surface area contributed by atoms with Gasteiger partial charge in [0.25, 0.3) is 0 Å². The van der Waals surface area contributed by atoms with Gasteiger partial charge in [0.1, 0.15) is 11.3 Å². The molecule has 0 radical (unpaired) electrons. The first-order valence-corrected chi connectivity index (χ1v) is 11.0. The first-order valence-electron chi connectivity index (χ1n) is 9.48. The van der Waals surface area contributed by atoms with E-state index >= 15 is 0 Å². The van der Waals surface area contributed by atoms with Crippen LogP contribution >= 0.6 is 0 Å². The van der Waals surface area contributed by atoms with E-state index in [4.69, 9.17) is 9.15 Å². The highest BCUT2D eigenvalue weighted by Gasteiger charge is 2.15. The number of hydrogen-bond donors (Lipinski definition) is 1. The van der Waals surface area contributed by atoms with Crippen LogP contribution in [-0.4, -0.2) is 20.9 Å². The largest absolute Gasteiger partial charge is 0.426 e. The summed E-state index contributed by atoms with van der Waals surface area (Å²) in [5, 5.41) is 0.775. The van der Waals surface area contributed by atoms with E-state index in [9.17, 15) is 18.0 Å². The highest BCUT2D eigenvalue weighted by Crippen LogP contribution is 2.28. The van der Waals surface area contributed by atoms with Crippen molar-refractivity contribution in [2.75, 3.05) is 6.54 Å². The van der Waals surface area contributed by atoms with Gasteiger partial charge in [-0.25, -0.2) is 17.9 Å². The molecule has 0 unspecified atom stereocenters. The van der Waals surface area contributed by atoms with E-state index in [1.165, 1.54) is 18.2 Å². The summed E-state index contributed by atoms with van der Waals surface area (Å²) in [6, 6.07) is 11.3. The Balaban J connectivity index is 1.58. The molecule has 0 atom stereocenters. The van der Waals surface area contributed by atoms with Gasteiger partial charge in [-0.15, -0.1) is 0 Å². The van der Waals surface area contributed by atoms with Crippen LogP contribution in [0.3, 0.4) is 0 Å². The average Bonchev–Trinajstić information content (AvgIpc) is 2.68. The number of carbonyl (C=O) groups excluding carboxylic acids is 1. The van der Waals surface area contributed by atoms with Crippen LogP contribution in [-0.2, 0) is 14.8 Å². The molecular weight excluding hydrogens is 406 g/mol. The standard InChI is InChI=1S/C22H23NO6S/c1-14-6-8-17(9-7-14)30(26,27)23-12-4-5-20(24)28-19-11-10-18-15(2)13-21(25)29-22(18)16(19)3/h6-11,13,23H,4-5,12H2,1-3H3. The van der Waals surface area contributed by atoms with E-state index in [1.54, 1.807) is 31.2 Å². The molecule has 3 rings (SSSR count). The molecule has 0 bridgehead atoms. The smallest absolute Gasteiger partial charge is 0.336 e.